The lowest BCUT2D eigenvalue weighted by molar-refractivity contribution is -0.119. The number of ether oxygens (including phenoxy) is 1. The summed E-state index contributed by atoms with van der Waals surface area (Å²) in [7, 11) is 1.70. The second-order valence-corrected chi connectivity index (χ2v) is 4.08. The number of fused-ring (bicyclic) bond motifs is 1. The molecule has 2 rings (SSSR count). The molecule has 0 bridgehead atoms. The predicted molar refractivity (Wildman–Crippen MR) is 54.8 cm³/mol. The standard InChI is InChI=1S/C12H16O2/c1-14-12-6-5-9-3-2-4-11(13)7-10(9)8-12/h5-6,10H,2-4,7-8H2,1H3. The van der Waals surface area contributed by atoms with Gasteiger partial charge in [0.05, 0.1) is 12.9 Å². The second kappa shape index (κ2) is 3.99. The maximum absolute atomic E-state index is 11.4. The maximum atomic E-state index is 11.4. The molecule has 1 fully saturated rings. The zero-order valence-electron chi connectivity index (χ0n) is 8.58. The van der Waals surface area contributed by atoms with Crippen LogP contribution in [0.2, 0.25) is 0 Å². The fourth-order valence-electron chi connectivity index (χ4n) is 2.29. The summed E-state index contributed by atoms with van der Waals surface area (Å²) < 4.78 is 5.22. The Morgan fingerprint density at radius 2 is 2.14 bits per heavy atom. The van der Waals surface area contributed by atoms with Crippen LogP contribution in [0.3, 0.4) is 0 Å². The van der Waals surface area contributed by atoms with Gasteiger partial charge >= 0.3 is 0 Å². The molecule has 14 heavy (non-hydrogen) atoms. The number of hydrogen-bond donors (Lipinski definition) is 0. The highest BCUT2D eigenvalue weighted by molar-refractivity contribution is 5.79. The molecule has 1 atom stereocenters. The van der Waals surface area contributed by atoms with Gasteiger partial charge in [-0.1, -0.05) is 11.6 Å². The van der Waals surface area contributed by atoms with Gasteiger partial charge in [0.1, 0.15) is 5.78 Å². The normalized spacial score (nSPS) is 27.2. The smallest absolute Gasteiger partial charge is 0.133 e. The van der Waals surface area contributed by atoms with Crippen LogP contribution in [0.15, 0.2) is 23.5 Å². The molecule has 2 aliphatic rings. The summed E-state index contributed by atoms with van der Waals surface area (Å²) in [4.78, 5) is 11.4. The third-order valence-corrected chi connectivity index (χ3v) is 3.11. The number of carbonyl (C=O) groups excluding carboxylic acids is 1. The van der Waals surface area contributed by atoms with Crippen molar-refractivity contribution in [2.45, 2.75) is 32.1 Å². The number of Topliss-reactive ketones (excluding diaryl/α,β-unsaturated/α-hetero) is 1. The van der Waals surface area contributed by atoms with Crippen molar-refractivity contribution in [3.8, 4) is 0 Å². The van der Waals surface area contributed by atoms with Gasteiger partial charge < -0.3 is 4.74 Å². The summed E-state index contributed by atoms with van der Waals surface area (Å²) in [6.07, 6.45) is 8.69. The van der Waals surface area contributed by atoms with Crippen molar-refractivity contribution in [1.29, 1.82) is 0 Å². The first-order valence-electron chi connectivity index (χ1n) is 5.25. The van der Waals surface area contributed by atoms with Crippen LogP contribution < -0.4 is 0 Å². The number of allylic oxidation sites excluding steroid dienone is 4. The SMILES string of the molecule is COC1=CC=C2CCCC(=O)CC2C1. The number of hydrogen-bond acceptors (Lipinski definition) is 2. The molecule has 0 N–H and O–H groups in total. The number of methoxy groups -OCH3 is 1. The lowest BCUT2D eigenvalue weighted by Gasteiger charge is -2.21. The Hall–Kier alpha value is -1.05. The van der Waals surface area contributed by atoms with E-state index in [9.17, 15) is 4.79 Å². The highest BCUT2D eigenvalue weighted by atomic mass is 16.5. The van der Waals surface area contributed by atoms with Crippen LogP contribution >= 0.6 is 0 Å². The van der Waals surface area contributed by atoms with E-state index in [2.05, 4.69) is 6.08 Å². The van der Waals surface area contributed by atoms with Gasteiger partial charge in [-0.15, -0.1) is 0 Å². The molecule has 0 aromatic heterocycles. The third kappa shape index (κ3) is 1.89. The summed E-state index contributed by atoms with van der Waals surface area (Å²) >= 11 is 0. The number of ketones is 1. The minimum atomic E-state index is 0.413. The summed E-state index contributed by atoms with van der Waals surface area (Å²) in [5, 5.41) is 0. The van der Waals surface area contributed by atoms with E-state index in [1.807, 2.05) is 6.08 Å². The van der Waals surface area contributed by atoms with Gasteiger partial charge in [0.2, 0.25) is 0 Å². The quantitative estimate of drug-likeness (QED) is 0.638. The largest absolute Gasteiger partial charge is 0.501 e. The second-order valence-electron chi connectivity index (χ2n) is 4.08. The summed E-state index contributed by atoms with van der Waals surface area (Å²) in [5.74, 6) is 1.84. The Kier molecular flexibility index (Phi) is 2.71. The van der Waals surface area contributed by atoms with E-state index in [0.717, 1.165) is 31.4 Å². The molecule has 0 spiro atoms. The highest BCUT2D eigenvalue weighted by Crippen LogP contribution is 2.34. The van der Waals surface area contributed by atoms with Crippen LogP contribution in [0, 0.1) is 5.92 Å². The van der Waals surface area contributed by atoms with Crippen LogP contribution in [0.4, 0.5) is 0 Å². The molecule has 1 saturated carbocycles. The van der Waals surface area contributed by atoms with Gasteiger partial charge in [-0.05, 0) is 24.8 Å². The Morgan fingerprint density at radius 1 is 1.29 bits per heavy atom. The lowest BCUT2D eigenvalue weighted by atomic mass is 9.87. The molecule has 0 aliphatic heterocycles. The first-order valence-corrected chi connectivity index (χ1v) is 5.25. The predicted octanol–water partition coefficient (Wildman–Crippen LogP) is 2.61. The van der Waals surface area contributed by atoms with Gasteiger partial charge in [0.15, 0.2) is 0 Å². The molecule has 2 heteroatoms. The molecular formula is C12H16O2. The number of rotatable bonds is 1. The minimum absolute atomic E-state index is 0.413. The van der Waals surface area contributed by atoms with E-state index in [1.165, 1.54) is 5.57 Å². The molecule has 0 aromatic rings. The average molecular weight is 192 g/mol. The minimum Gasteiger partial charge on any atom is -0.501 e. The molecule has 2 aliphatic carbocycles. The molecule has 0 saturated heterocycles. The molecule has 2 nitrogen and oxygen atoms in total. The van der Waals surface area contributed by atoms with Crippen molar-refractivity contribution in [3.05, 3.63) is 23.5 Å². The van der Waals surface area contributed by atoms with Crippen molar-refractivity contribution < 1.29 is 9.53 Å². The molecule has 0 aromatic carbocycles. The van der Waals surface area contributed by atoms with E-state index in [0.29, 0.717) is 18.1 Å². The van der Waals surface area contributed by atoms with Gasteiger partial charge in [0.25, 0.3) is 0 Å². The maximum Gasteiger partial charge on any atom is 0.133 e. The zero-order valence-corrected chi connectivity index (χ0v) is 8.58. The van der Waals surface area contributed by atoms with Crippen LogP contribution in [-0.4, -0.2) is 12.9 Å². The molecule has 76 valence electrons. The van der Waals surface area contributed by atoms with E-state index < -0.39 is 0 Å². The van der Waals surface area contributed by atoms with Crippen LogP contribution in [0.25, 0.3) is 0 Å². The van der Waals surface area contributed by atoms with Crippen molar-refractivity contribution in [1.82, 2.24) is 0 Å². The summed E-state index contributed by atoms with van der Waals surface area (Å²) in [6.45, 7) is 0. The van der Waals surface area contributed by atoms with E-state index in [-0.39, 0.29) is 0 Å². The Balaban J connectivity index is 2.15. The number of carbonyl (C=O) groups is 1. The van der Waals surface area contributed by atoms with Gasteiger partial charge in [-0.2, -0.15) is 0 Å². The van der Waals surface area contributed by atoms with Gasteiger partial charge in [-0.25, -0.2) is 0 Å². The van der Waals surface area contributed by atoms with E-state index in [1.54, 1.807) is 7.11 Å². The monoisotopic (exact) mass is 192 g/mol. The average Bonchev–Trinajstić information content (AvgIpc) is 2.37. The topological polar surface area (TPSA) is 26.3 Å². The Bertz CT molecular complexity index is 299. The van der Waals surface area contributed by atoms with Crippen LogP contribution in [0.1, 0.15) is 32.1 Å². The Morgan fingerprint density at radius 3 is 2.93 bits per heavy atom. The van der Waals surface area contributed by atoms with Crippen molar-refractivity contribution >= 4 is 5.78 Å². The zero-order chi connectivity index (χ0) is 9.97. The summed E-state index contributed by atoms with van der Waals surface area (Å²) in [6, 6.07) is 0. The van der Waals surface area contributed by atoms with E-state index >= 15 is 0 Å². The van der Waals surface area contributed by atoms with Crippen LogP contribution in [0.5, 0.6) is 0 Å². The first-order chi connectivity index (χ1) is 6.79. The van der Waals surface area contributed by atoms with E-state index in [4.69, 9.17) is 4.74 Å². The Labute approximate surface area is 84.6 Å². The lowest BCUT2D eigenvalue weighted by Crippen LogP contribution is -2.11. The summed E-state index contributed by atoms with van der Waals surface area (Å²) in [5.41, 5.74) is 1.44. The first kappa shape index (κ1) is 9.50. The molecule has 0 radical (unpaired) electrons. The van der Waals surface area contributed by atoms with Crippen LogP contribution in [-0.2, 0) is 9.53 Å². The fourth-order valence-corrected chi connectivity index (χ4v) is 2.29. The third-order valence-electron chi connectivity index (χ3n) is 3.11. The van der Waals surface area contributed by atoms with Crippen molar-refractivity contribution in [3.63, 3.8) is 0 Å². The molecule has 0 amide bonds. The fraction of sp³-hybridized carbons (Fsp3) is 0.583. The highest BCUT2D eigenvalue weighted by Gasteiger charge is 2.24. The van der Waals surface area contributed by atoms with Gasteiger partial charge in [0, 0.05) is 19.3 Å². The molecule has 0 heterocycles. The molecule has 1 unspecified atom stereocenters. The van der Waals surface area contributed by atoms with Gasteiger partial charge in [-0.3, -0.25) is 4.79 Å². The molecular weight excluding hydrogens is 176 g/mol. The van der Waals surface area contributed by atoms with Crippen molar-refractivity contribution in [2.75, 3.05) is 7.11 Å². The van der Waals surface area contributed by atoms with Crippen molar-refractivity contribution in [2.24, 2.45) is 5.92 Å².